The van der Waals surface area contributed by atoms with Gasteiger partial charge in [0.2, 0.25) is 0 Å². The van der Waals surface area contributed by atoms with E-state index in [0.29, 0.717) is 26.3 Å². The molecule has 2 heterocycles. The van der Waals surface area contributed by atoms with Crippen molar-refractivity contribution < 1.29 is 9.59 Å². The number of hydrogen-bond acceptors (Lipinski definition) is 5. The molecule has 0 aliphatic rings. The molecule has 0 aliphatic heterocycles. The van der Waals surface area contributed by atoms with Crippen LogP contribution in [0.5, 0.6) is 0 Å². The number of nitrogens with zero attached hydrogens (tertiary/aromatic N) is 1. The van der Waals surface area contributed by atoms with Crippen LogP contribution >= 0.6 is 34.3 Å². The van der Waals surface area contributed by atoms with Crippen molar-refractivity contribution in [2.24, 2.45) is 0 Å². The number of anilines is 2. The molecular formula is C15H10ClN3O2S2. The number of thiophene rings is 1. The van der Waals surface area contributed by atoms with E-state index < -0.39 is 0 Å². The summed E-state index contributed by atoms with van der Waals surface area (Å²) in [4.78, 5) is 28.9. The Kier molecular flexibility index (Phi) is 4.71. The smallest absolute Gasteiger partial charge is 0.265 e. The maximum absolute atomic E-state index is 12.2. The lowest BCUT2D eigenvalue weighted by Crippen LogP contribution is -2.14. The first-order valence-electron chi connectivity index (χ1n) is 6.49. The number of rotatable bonds is 4. The first-order valence-corrected chi connectivity index (χ1v) is 8.62. The molecule has 3 aromatic rings. The zero-order valence-electron chi connectivity index (χ0n) is 11.6. The lowest BCUT2D eigenvalue weighted by atomic mass is 10.2. The van der Waals surface area contributed by atoms with Gasteiger partial charge in [0.05, 0.1) is 15.6 Å². The lowest BCUT2D eigenvalue weighted by Gasteiger charge is -2.08. The summed E-state index contributed by atoms with van der Waals surface area (Å²) in [5, 5.41) is 9.85. The molecule has 2 amide bonds. The van der Waals surface area contributed by atoms with Crippen LogP contribution in [0.4, 0.5) is 10.8 Å². The van der Waals surface area contributed by atoms with Crippen molar-refractivity contribution in [1.82, 2.24) is 4.98 Å². The van der Waals surface area contributed by atoms with Gasteiger partial charge in [-0.25, -0.2) is 4.98 Å². The maximum Gasteiger partial charge on any atom is 0.265 e. The molecule has 1 aromatic carbocycles. The third-order valence-electron chi connectivity index (χ3n) is 2.87. The lowest BCUT2D eigenvalue weighted by molar-refractivity contribution is 0.101. The Morgan fingerprint density at radius 1 is 1.04 bits per heavy atom. The summed E-state index contributed by atoms with van der Waals surface area (Å²) in [5.41, 5.74) is 0.767. The Balaban J connectivity index is 1.78. The second kappa shape index (κ2) is 6.91. The van der Waals surface area contributed by atoms with Gasteiger partial charge in [0.15, 0.2) is 5.13 Å². The van der Waals surface area contributed by atoms with E-state index in [9.17, 15) is 9.59 Å². The molecule has 0 fully saturated rings. The van der Waals surface area contributed by atoms with Gasteiger partial charge in [-0.15, -0.1) is 22.7 Å². The fraction of sp³-hybridized carbons (Fsp3) is 0. The van der Waals surface area contributed by atoms with Gasteiger partial charge in [-0.1, -0.05) is 17.7 Å². The third-order valence-corrected chi connectivity index (χ3v) is 4.76. The van der Waals surface area contributed by atoms with E-state index in [1.807, 2.05) is 5.38 Å². The number of halogens is 1. The molecule has 23 heavy (non-hydrogen) atoms. The van der Waals surface area contributed by atoms with Crippen LogP contribution in [-0.2, 0) is 0 Å². The molecule has 0 atom stereocenters. The average Bonchev–Trinajstić information content (AvgIpc) is 3.22. The first kappa shape index (κ1) is 15.7. The van der Waals surface area contributed by atoms with Crippen molar-refractivity contribution in [2.45, 2.75) is 0 Å². The molecule has 116 valence electrons. The zero-order chi connectivity index (χ0) is 16.2. The SMILES string of the molecule is O=C(Nc1nccs1)c1ccc(Cl)c(NC(=O)c2cccs2)c1. The van der Waals surface area contributed by atoms with Crippen LogP contribution < -0.4 is 10.6 Å². The van der Waals surface area contributed by atoms with Crippen LogP contribution in [0.1, 0.15) is 20.0 Å². The topological polar surface area (TPSA) is 71.1 Å². The van der Waals surface area contributed by atoms with Crippen LogP contribution in [0.25, 0.3) is 0 Å². The highest BCUT2D eigenvalue weighted by atomic mass is 35.5. The summed E-state index contributed by atoms with van der Waals surface area (Å²) < 4.78 is 0. The molecule has 5 nitrogen and oxygen atoms in total. The monoisotopic (exact) mass is 363 g/mol. The number of benzene rings is 1. The molecular weight excluding hydrogens is 354 g/mol. The second-order valence-corrected chi connectivity index (χ2v) is 6.67. The minimum Gasteiger partial charge on any atom is -0.320 e. The van der Waals surface area contributed by atoms with E-state index in [-0.39, 0.29) is 11.8 Å². The van der Waals surface area contributed by atoms with E-state index in [0.717, 1.165) is 0 Å². The largest absolute Gasteiger partial charge is 0.320 e. The number of thiazole rings is 1. The van der Waals surface area contributed by atoms with E-state index in [1.54, 1.807) is 35.8 Å². The number of hydrogen-bond donors (Lipinski definition) is 2. The predicted octanol–water partition coefficient (Wildman–Crippen LogP) is 4.36. The van der Waals surface area contributed by atoms with E-state index >= 15 is 0 Å². The van der Waals surface area contributed by atoms with Crippen LogP contribution in [0, 0.1) is 0 Å². The molecule has 3 rings (SSSR count). The molecule has 2 N–H and O–H groups in total. The Morgan fingerprint density at radius 2 is 1.91 bits per heavy atom. The van der Waals surface area contributed by atoms with Crippen LogP contribution in [0.2, 0.25) is 5.02 Å². The molecule has 0 spiro atoms. The van der Waals surface area contributed by atoms with E-state index in [4.69, 9.17) is 11.6 Å². The molecule has 0 aliphatic carbocycles. The summed E-state index contributed by atoms with van der Waals surface area (Å²) in [5.74, 6) is -0.581. The summed E-state index contributed by atoms with van der Waals surface area (Å²) in [6.45, 7) is 0. The standard InChI is InChI=1S/C15H10ClN3O2S2/c16-10-4-3-9(13(20)19-15-17-5-7-23-15)8-11(10)18-14(21)12-2-1-6-22-12/h1-8H,(H,18,21)(H,17,19,20). The molecule has 0 radical (unpaired) electrons. The fourth-order valence-electron chi connectivity index (χ4n) is 1.81. The van der Waals surface area contributed by atoms with Crippen molar-refractivity contribution in [3.63, 3.8) is 0 Å². The Hall–Kier alpha value is -2.22. The first-order chi connectivity index (χ1) is 11.1. The predicted molar refractivity (Wildman–Crippen MR) is 93.8 cm³/mol. The fourth-order valence-corrected chi connectivity index (χ4v) is 3.12. The quantitative estimate of drug-likeness (QED) is 0.723. The van der Waals surface area contributed by atoms with Crippen LogP contribution in [-0.4, -0.2) is 16.8 Å². The minimum absolute atomic E-state index is 0.264. The summed E-state index contributed by atoms with van der Waals surface area (Å²) >= 11 is 8.75. The van der Waals surface area contributed by atoms with E-state index in [2.05, 4.69) is 15.6 Å². The van der Waals surface area contributed by atoms with Crippen molar-refractivity contribution >= 4 is 56.9 Å². The second-order valence-electron chi connectivity index (χ2n) is 4.42. The normalized spacial score (nSPS) is 10.3. The Labute approximate surface area is 145 Å². The molecule has 0 saturated heterocycles. The van der Waals surface area contributed by atoms with Gasteiger partial charge < -0.3 is 5.32 Å². The molecule has 0 unspecified atom stereocenters. The Morgan fingerprint density at radius 3 is 2.61 bits per heavy atom. The third kappa shape index (κ3) is 3.76. The number of carbonyl (C=O) groups is 2. The van der Waals surface area contributed by atoms with Gasteiger partial charge in [0, 0.05) is 17.1 Å². The summed E-state index contributed by atoms with van der Waals surface area (Å²) in [6.07, 6.45) is 1.61. The molecule has 8 heteroatoms. The Bertz CT molecular complexity index is 833. The molecule has 0 saturated carbocycles. The summed E-state index contributed by atoms with van der Waals surface area (Å²) in [7, 11) is 0. The number of carbonyl (C=O) groups excluding carboxylic acids is 2. The average molecular weight is 364 g/mol. The van der Waals surface area contributed by atoms with Crippen molar-refractivity contribution in [1.29, 1.82) is 0 Å². The van der Waals surface area contributed by atoms with Gasteiger partial charge in [0.1, 0.15) is 0 Å². The van der Waals surface area contributed by atoms with Gasteiger partial charge in [-0.2, -0.15) is 0 Å². The van der Waals surface area contributed by atoms with Gasteiger partial charge >= 0.3 is 0 Å². The summed E-state index contributed by atoms with van der Waals surface area (Å²) in [6, 6.07) is 8.21. The minimum atomic E-state index is -0.316. The van der Waals surface area contributed by atoms with Crippen molar-refractivity contribution in [2.75, 3.05) is 10.6 Å². The van der Waals surface area contributed by atoms with Gasteiger partial charge in [0.25, 0.3) is 11.8 Å². The highest BCUT2D eigenvalue weighted by Crippen LogP contribution is 2.25. The molecule has 0 bridgehead atoms. The molecule has 2 aromatic heterocycles. The highest BCUT2D eigenvalue weighted by molar-refractivity contribution is 7.13. The van der Waals surface area contributed by atoms with Crippen LogP contribution in [0.15, 0.2) is 47.3 Å². The van der Waals surface area contributed by atoms with Gasteiger partial charge in [-0.05, 0) is 29.6 Å². The number of amides is 2. The maximum atomic E-state index is 12.2. The number of nitrogens with one attached hydrogen (secondary N) is 2. The van der Waals surface area contributed by atoms with Crippen molar-refractivity contribution in [3.05, 3.63) is 62.8 Å². The number of aromatic nitrogens is 1. The van der Waals surface area contributed by atoms with Crippen molar-refractivity contribution in [3.8, 4) is 0 Å². The van der Waals surface area contributed by atoms with Crippen LogP contribution in [0.3, 0.4) is 0 Å². The van der Waals surface area contributed by atoms with Gasteiger partial charge in [-0.3, -0.25) is 14.9 Å². The highest BCUT2D eigenvalue weighted by Gasteiger charge is 2.13. The van der Waals surface area contributed by atoms with E-state index in [1.165, 1.54) is 28.7 Å². The zero-order valence-corrected chi connectivity index (χ0v) is 14.0.